The molecule has 0 saturated carbocycles. The number of aromatic nitrogens is 3. The summed E-state index contributed by atoms with van der Waals surface area (Å²) in [5, 5.41) is 10.9. The van der Waals surface area contributed by atoms with E-state index in [9.17, 15) is 18.5 Å². The van der Waals surface area contributed by atoms with Gasteiger partial charge in [-0.15, -0.1) is 0 Å². The highest BCUT2D eigenvalue weighted by atomic mass is 32.2. The first kappa shape index (κ1) is 35.1. The fraction of sp³-hybridized carbons (Fsp3) is 0.611. The number of nitriles is 1. The Kier molecular flexibility index (Phi) is 10.8. The molecule has 11 heteroatoms. The molecular formula is C36H47F2N5O3S. The Bertz CT molecular complexity index is 1760. The van der Waals surface area contributed by atoms with E-state index in [0.717, 1.165) is 44.2 Å². The van der Waals surface area contributed by atoms with Crippen LogP contribution in [-0.4, -0.2) is 59.0 Å². The highest BCUT2D eigenvalue weighted by Crippen LogP contribution is 2.42. The van der Waals surface area contributed by atoms with Gasteiger partial charge in [-0.2, -0.15) is 5.26 Å². The van der Waals surface area contributed by atoms with Crippen LogP contribution in [0.4, 0.5) is 8.78 Å². The molecule has 8 nitrogen and oxygen atoms in total. The second-order valence-corrected chi connectivity index (χ2v) is 16.1. The highest BCUT2D eigenvalue weighted by molar-refractivity contribution is 7.91. The lowest BCUT2D eigenvalue weighted by Crippen LogP contribution is -2.41. The van der Waals surface area contributed by atoms with Crippen molar-refractivity contribution < 1.29 is 17.2 Å². The maximum absolute atomic E-state index is 15.4. The summed E-state index contributed by atoms with van der Waals surface area (Å²) in [5.74, 6) is -3.46. The molecule has 3 aromatic rings. The van der Waals surface area contributed by atoms with Crippen molar-refractivity contribution in [3.8, 4) is 6.07 Å². The molecule has 1 aromatic carbocycles. The van der Waals surface area contributed by atoms with Crippen molar-refractivity contribution in [3.63, 3.8) is 0 Å². The van der Waals surface area contributed by atoms with Gasteiger partial charge in [0.1, 0.15) is 21.8 Å². The molecule has 2 aliphatic rings. The van der Waals surface area contributed by atoms with Gasteiger partial charge < -0.3 is 4.90 Å². The molecule has 2 aromatic heterocycles. The maximum Gasteiger partial charge on any atom is 0.276 e. The number of hydrogen-bond acceptors (Lipinski definition) is 7. The zero-order chi connectivity index (χ0) is 33.8. The van der Waals surface area contributed by atoms with Gasteiger partial charge in [0.2, 0.25) is 0 Å². The van der Waals surface area contributed by atoms with E-state index in [1.54, 1.807) is 28.8 Å². The Morgan fingerprint density at radius 2 is 1.68 bits per heavy atom. The quantitative estimate of drug-likeness (QED) is 0.199. The molecular weight excluding hydrogens is 620 g/mol. The summed E-state index contributed by atoms with van der Waals surface area (Å²) in [6.45, 7) is 8.61. The molecule has 0 radical (unpaired) electrons. The van der Waals surface area contributed by atoms with Gasteiger partial charge >= 0.3 is 0 Å². The van der Waals surface area contributed by atoms with Gasteiger partial charge in [0.15, 0.2) is 0 Å². The fourth-order valence-corrected chi connectivity index (χ4v) is 8.70. The Labute approximate surface area is 277 Å². The lowest BCUT2D eigenvalue weighted by molar-refractivity contribution is -0.0855. The number of rotatable bonds is 12. The van der Waals surface area contributed by atoms with E-state index in [1.807, 2.05) is 26.8 Å². The van der Waals surface area contributed by atoms with Crippen molar-refractivity contribution in [3.05, 3.63) is 69.4 Å². The monoisotopic (exact) mass is 667 g/mol. The normalized spacial score (nSPS) is 18.8. The predicted octanol–water partition coefficient (Wildman–Crippen LogP) is 6.65. The summed E-state index contributed by atoms with van der Waals surface area (Å²) in [6.07, 6.45) is 7.30. The topological polar surface area (TPSA) is 109 Å². The molecule has 5 rings (SSSR count). The summed E-state index contributed by atoms with van der Waals surface area (Å²) in [6, 6.07) is 10.9. The molecule has 2 aliphatic heterocycles. The Hall–Kier alpha value is -3.23. The Morgan fingerprint density at radius 3 is 2.34 bits per heavy atom. The largest absolute Gasteiger partial charge is 0.303 e. The number of hydrogen-bond donors (Lipinski definition) is 0. The third-order valence-corrected chi connectivity index (χ3v) is 12.0. The molecule has 2 saturated heterocycles. The first-order valence-corrected chi connectivity index (χ1v) is 18.9. The van der Waals surface area contributed by atoms with Gasteiger partial charge in [0.25, 0.3) is 11.5 Å². The average molecular weight is 668 g/mol. The number of benzene rings is 1. The molecule has 0 N–H and O–H groups in total. The van der Waals surface area contributed by atoms with Crippen molar-refractivity contribution >= 4 is 20.9 Å². The van der Waals surface area contributed by atoms with Crippen molar-refractivity contribution in [1.29, 1.82) is 5.26 Å². The highest BCUT2D eigenvalue weighted by Gasteiger charge is 2.43. The fourth-order valence-electron chi connectivity index (χ4n) is 7.18. The van der Waals surface area contributed by atoms with Crippen molar-refractivity contribution in [2.45, 2.75) is 102 Å². The molecule has 4 heterocycles. The first-order chi connectivity index (χ1) is 22.4. The number of nitrogens with zero attached hydrogens (tertiary/aromatic N) is 5. The number of halogens is 2. The van der Waals surface area contributed by atoms with Crippen LogP contribution >= 0.6 is 0 Å². The lowest BCUT2D eigenvalue weighted by Gasteiger charge is -2.36. The van der Waals surface area contributed by atoms with E-state index in [1.165, 1.54) is 6.33 Å². The summed E-state index contributed by atoms with van der Waals surface area (Å²) in [4.78, 5) is 24.8. The number of likely N-dealkylation sites (tertiary alicyclic amines) is 1. The minimum absolute atomic E-state index is 0.103. The zero-order valence-electron chi connectivity index (χ0n) is 27.9. The number of unbranched alkanes of at least 4 members (excludes halogenated alkanes) is 4. The third kappa shape index (κ3) is 7.75. The molecule has 254 valence electrons. The number of sulfone groups is 1. The van der Waals surface area contributed by atoms with Crippen LogP contribution in [0.25, 0.3) is 11.0 Å². The van der Waals surface area contributed by atoms with Crippen LogP contribution in [0, 0.1) is 24.2 Å². The second-order valence-electron chi connectivity index (χ2n) is 13.8. The smallest absolute Gasteiger partial charge is 0.276 e. The van der Waals surface area contributed by atoms with Gasteiger partial charge in [0, 0.05) is 29.0 Å². The van der Waals surface area contributed by atoms with E-state index in [4.69, 9.17) is 0 Å². The predicted molar refractivity (Wildman–Crippen MR) is 180 cm³/mol. The van der Waals surface area contributed by atoms with Crippen LogP contribution in [0.1, 0.15) is 99.9 Å². The van der Waals surface area contributed by atoms with E-state index in [0.29, 0.717) is 54.8 Å². The van der Waals surface area contributed by atoms with Gasteiger partial charge in [-0.05, 0) is 88.7 Å². The van der Waals surface area contributed by atoms with Crippen molar-refractivity contribution in [1.82, 2.24) is 19.4 Å². The Morgan fingerprint density at radius 1 is 1.02 bits per heavy atom. The first-order valence-electron chi connectivity index (χ1n) is 17.0. The molecule has 0 aliphatic carbocycles. The number of piperidine rings is 1. The SMILES string of the molecule is Cc1ncnc2c1cc(C1(C#N)CCS(=O)(=O)CC1)c(=O)n2CCCCCCCN1CCC(C(F)(F)c2cccc(C(C)C)c2)CC1. The van der Waals surface area contributed by atoms with Gasteiger partial charge in [-0.3, -0.25) is 9.36 Å². The number of fused-ring (bicyclic) bond motifs is 1. The Balaban J connectivity index is 1.12. The summed E-state index contributed by atoms with van der Waals surface area (Å²) in [7, 11) is -3.22. The summed E-state index contributed by atoms with van der Waals surface area (Å²) in [5.41, 5.74) is 1.23. The van der Waals surface area contributed by atoms with Crippen molar-refractivity contribution in [2.75, 3.05) is 31.1 Å². The van der Waals surface area contributed by atoms with Crippen LogP contribution in [0.5, 0.6) is 0 Å². The minimum atomic E-state index is -3.22. The molecule has 0 amide bonds. The van der Waals surface area contributed by atoms with E-state index >= 15 is 8.78 Å². The van der Waals surface area contributed by atoms with Crippen LogP contribution in [0.3, 0.4) is 0 Å². The maximum atomic E-state index is 15.4. The van der Waals surface area contributed by atoms with Crippen molar-refractivity contribution in [2.24, 2.45) is 5.92 Å². The van der Waals surface area contributed by atoms with E-state index in [-0.39, 0.29) is 41.4 Å². The second kappa shape index (κ2) is 14.5. The van der Waals surface area contributed by atoms with E-state index in [2.05, 4.69) is 20.9 Å². The molecule has 47 heavy (non-hydrogen) atoms. The van der Waals surface area contributed by atoms with Crippen LogP contribution in [0.2, 0.25) is 0 Å². The molecule has 0 unspecified atom stereocenters. The lowest BCUT2D eigenvalue weighted by atomic mass is 9.77. The summed E-state index contributed by atoms with van der Waals surface area (Å²) >= 11 is 0. The standard InChI is InChI=1S/C36H47F2N5O3S/c1-26(2)28-10-9-11-30(22-28)36(37,38)29-12-18-42(19-13-29)16-7-5-4-6-8-17-43-33-31(27(3)40-25-41-33)23-32(34(43)44)35(24-39)14-20-47(45,46)21-15-35/h9-11,22-23,25-26,29H,4-8,12-21H2,1-3H3. The van der Waals surface area contributed by atoms with Crippen LogP contribution < -0.4 is 5.56 Å². The molecule has 2 fully saturated rings. The molecule has 0 spiro atoms. The van der Waals surface area contributed by atoms with Crippen LogP contribution in [-0.2, 0) is 27.7 Å². The zero-order valence-corrected chi connectivity index (χ0v) is 28.7. The third-order valence-electron chi connectivity index (χ3n) is 10.4. The van der Waals surface area contributed by atoms with Gasteiger partial charge in [0.05, 0.1) is 28.7 Å². The van der Waals surface area contributed by atoms with E-state index < -0.39 is 27.1 Å². The number of alkyl halides is 2. The van der Waals surface area contributed by atoms with Gasteiger partial charge in [-0.1, -0.05) is 51.3 Å². The van der Waals surface area contributed by atoms with Crippen LogP contribution in [0.15, 0.2) is 41.5 Å². The molecule has 0 atom stereocenters. The molecule has 0 bridgehead atoms. The number of pyridine rings is 1. The minimum Gasteiger partial charge on any atom is -0.303 e. The van der Waals surface area contributed by atoms with Gasteiger partial charge in [-0.25, -0.2) is 27.2 Å². The summed E-state index contributed by atoms with van der Waals surface area (Å²) < 4.78 is 56.7. The average Bonchev–Trinajstić information content (AvgIpc) is 3.06. The number of aryl methyl sites for hydroxylation is 2.